The van der Waals surface area contributed by atoms with Gasteiger partial charge in [0.2, 0.25) is 11.8 Å². The van der Waals surface area contributed by atoms with Crippen LogP contribution in [0.5, 0.6) is 0 Å². The Morgan fingerprint density at radius 1 is 1.12 bits per heavy atom. The molecule has 0 spiro atoms. The van der Waals surface area contributed by atoms with Gasteiger partial charge in [-0.25, -0.2) is 4.99 Å². The van der Waals surface area contributed by atoms with Gasteiger partial charge in [0.1, 0.15) is 6.54 Å². The molecule has 1 fully saturated rings. The predicted octanol–water partition coefficient (Wildman–Crippen LogP) is 1.44. The second-order valence-corrected chi connectivity index (χ2v) is 9.23. The number of rotatable bonds is 9. The maximum absolute atomic E-state index is 12.3. The number of amides is 2. The summed E-state index contributed by atoms with van der Waals surface area (Å²) in [5, 5.41) is 9.65. The lowest BCUT2D eigenvalue weighted by atomic mass is 9.92. The summed E-state index contributed by atoms with van der Waals surface area (Å²) in [6.07, 6.45) is 1.99. The van der Waals surface area contributed by atoms with Crippen molar-refractivity contribution in [1.29, 1.82) is 0 Å². The van der Waals surface area contributed by atoms with Gasteiger partial charge in [-0.2, -0.15) is 0 Å². The Morgan fingerprint density at radius 2 is 1.78 bits per heavy atom. The topological polar surface area (TPSA) is 89.1 Å². The quantitative estimate of drug-likeness (QED) is 0.396. The molecule has 1 aliphatic rings. The molecule has 178 valence electrons. The fourth-order valence-corrected chi connectivity index (χ4v) is 3.50. The molecule has 0 bridgehead atoms. The fraction of sp³-hybridized carbons (Fsp3) is 0.625. The molecule has 0 aromatic heterocycles. The van der Waals surface area contributed by atoms with Crippen LogP contribution in [0.2, 0.25) is 0 Å². The minimum Gasteiger partial charge on any atom is -0.356 e. The SMILES string of the molecule is CCNC(=O)C(C)(C)CNC(=NCC(=O)N(C)C)NC1CCN(Cc2ccccc2)CC1. The van der Waals surface area contributed by atoms with Gasteiger partial charge >= 0.3 is 0 Å². The maximum Gasteiger partial charge on any atom is 0.243 e. The van der Waals surface area contributed by atoms with Gasteiger partial charge in [-0.3, -0.25) is 14.5 Å². The van der Waals surface area contributed by atoms with Crippen LogP contribution in [0, 0.1) is 5.41 Å². The molecule has 0 aliphatic carbocycles. The number of nitrogens with zero attached hydrogens (tertiary/aromatic N) is 3. The van der Waals surface area contributed by atoms with Crippen LogP contribution in [-0.2, 0) is 16.1 Å². The first-order chi connectivity index (χ1) is 15.2. The number of aliphatic imine (C=N–C) groups is 1. The maximum atomic E-state index is 12.3. The first-order valence-corrected chi connectivity index (χ1v) is 11.5. The minimum atomic E-state index is -0.594. The van der Waals surface area contributed by atoms with E-state index in [1.165, 1.54) is 10.5 Å². The first-order valence-electron chi connectivity index (χ1n) is 11.5. The lowest BCUT2D eigenvalue weighted by Crippen LogP contribution is -2.52. The van der Waals surface area contributed by atoms with Gasteiger partial charge in [0.25, 0.3) is 0 Å². The molecule has 0 atom stereocenters. The third-order valence-corrected chi connectivity index (χ3v) is 5.70. The highest BCUT2D eigenvalue weighted by molar-refractivity contribution is 5.86. The van der Waals surface area contributed by atoms with Crippen LogP contribution in [0.3, 0.4) is 0 Å². The van der Waals surface area contributed by atoms with Crippen LogP contribution in [0.15, 0.2) is 35.3 Å². The van der Waals surface area contributed by atoms with Crippen LogP contribution in [0.1, 0.15) is 39.2 Å². The van der Waals surface area contributed by atoms with E-state index in [0.717, 1.165) is 32.5 Å². The standard InChI is InChI=1S/C24H40N6O2/c1-6-25-22(32)24(2,3)18-27-23(26-16-21(31)29(4)5)28-20-12-14-30(15-13-20)17-19-10-8-7-9-11-19/h7-11,20H,6,12-18H2,1-5H3,(H,25,32)(H2,26,27,28). The molecular formula is C24H40N6O2. The van der Waals surface area contributed by atoms with Crippen molar-refractivity contribution in [3.8, 4) is 0 Å². The van der Waals surface area contributed by atoms with Gasteiger partial charge < -0.3 is 20.9 Å². The van der Waals surface area contributed by atoms with Crippen molar-refractivity contribution in [2.24, 2.45) is 10.4 Å². The zero-order valence-electron chi connectivity index (χ0n) is 20.3. The van der Waals surface area contributed by atoms with E-state index in [1.54, 1.807) is 14.1 Å². The van der Waals surface area contributed by atoms with Crippen LogP contribution in [-0.4, -0.2) is 80.4 Å². The number of piperidine rings is 1. The summed E-state index contributed by atoms with van der Waals surface area (Å²) in [5.41, 5.74) is 0.737. The molecule has 3 N–H and O–H groups in total. The number of carbonyl (C=O) groups is 2. The molecular weight excluding hydrogens is 404 g/mol. The van der Waals surface area contributed by atoms with E-state index < -0.39 is 5.41 Å². The summed E-state index contributed by atoms with van der Waals surface area (Å²) in [5.74, 6) is 0.510. The Morgan fingerprint density at radius 3 is 2.38 bits per heavy atom. The summed E-state index contributed by atoms with van der Waals surface area (Å²) in [7, 11) is 3.44. The van der Waals surface area contributed by atoms with Crippen LogP contribution in [0.25, 0.3) is 0 Å². The van der Waals surface area contributed by atoms with Crippen LogP contribution in [0.4, 0.5) is 0 Å². The monoisotopic (exact) mass is 444 g/mol. The van der Waals surface area contributed by atoms with E-state index in [9.17, 15) is 9.59 Å². The summed E-state index contributed by atoms with van der Waals surface area (Å²) < 4.78 is 0. The predicted molar refractivity (Wildman–Crippen MR) is 129 cm³/mol. The third kappa shape index (κ3) is 8.49. The van der Waals surface area contributed by atoms with Gasteiger partial charge in [-0.05, 0) is 39.2 Å². The second kappa shape index (κ2) is 12.4. The summed E-state index contributed by atoms with van der Waals surface area (Å²) in [4.78, 5) is 32.9. The Kier molecular flexibility index (Phi) is 9.97. The van der Waals surface area contributed by atoms with E-state index in [1.807, 2.05) is 26.8 Å². The molecule has 2 rings (SSSR count). The van der Waals surface area contributed by atoms with Crippen molar-refractivity contribution in [2.45, 2.75) is 46.2 Å². The van der Waals surface area contributed by atoms with E-state index in [0.29, 0.717) is 19.0 Å². The Balaban J connectivity index is 1.93. The third-order valence-electron chi connectivity index (χ3n) is 5.70. The Hall–Kier alpha value is -2.61. The van der Waals surface area contributed by atoms with E-state index >= 15 is 0 Å². The van der Waals surface area contributed by atoms with Gasteiger partial charge in [-0.1, -0.05) is 30.3 Å². The lowest BCUT2D eigenvalue weighted by molar-refractivity contribution is -0.129. The average molecular weight is 445 g/mol. The normalized spacial score (nSPS) is 15.8. The van der Waals surface area contributed by atoms with Crippen molar-refractivity contribution < 1.29 is 9.59 Å². The van der Waals surface area contributed by atoms with Crippen LogP contribution < -0.4 is 16.0 Å². The number of carbonyl (C=O) groups excluding carboxylic acids is 2. The second-order valence-electron chi connectivity index (χ2n) is 9.23. The Labute approximate surface area is 192 Å². The molecule has 1 heterocycles. The molecule has 0 saturated carbocycles. The van der Waals surface area contributed by atoms with E-state index in [2.05, 4.69) is 50.1 Å². The number of hydrogen-bond acceptors (Lipinski definition) is 4. The summed E-state index contributed by atoms with van der Waals surface area (Å²) in [6, 6.07) is 10.8. The van der Waals surface area contributed by atoms with Gasteiger partial charge in [0, 0.05) is 52.9 Å². The zero-order chi connectivity index (χ0) is 23.6. The molecule has 1 aliphatic heterocycles. The number of likely N-dealkylation sites (tertiary alicyclic amines) is 1. The number of nitrogens with one attached hydrogen (secondary N) is 3. The largest absolute Gasteiger partial charge is 0.356 e. The molecule has 8 nitrogen and oxygen atoms in total. The van der Waals surface area contributed by atoms with Gasteiger partial charge in [-0.15, -0.1) is 0 Å². The molecule has 0 unspecified atom stereocenters. The van der Waals surface area contributed by atoms with E-state index in [4.69, 9.17) is 0 Å². The Bertz CT molecular complexity index is 755. The minimum absolute atomic E-state index is 0.00885. The molecule has 8 heteroatoms. The fourth-order valence-electron chi connectivity index (χ4n) is 3.50. The molecule has 1 aromatic carbocycles. The number of hydrogen-bond donors (Lipinski definition) is 3. The molecule has 2 amide bonds. The summed E-state index contributed by atoms with van der Waals surface area (Å²) in [6.45, 7) is 9.76. The molecule has 1 saturated heterocycles. The summed E-state index contributed by atoms with van der Waals surface area (Å²) >= 11 is 0. The molecule has 0 radical (unpaired) electrons. The number of benzene rings is 1. The zero-order valence-corrected chi connectivity index (χ0v) is 20.3. The van der Waals surface area contributed by atoms with E-state index in [-0.39, 0.29) is 24.4 Å². The van der Waals surface area contributed by atoms with Crippen molar-refractivity contribution in [2.75, 3.05) is 46.8 Å². The average Bonchev–Trinajstić information content (AvgIpc) is 2.77. The molecule has 1 aromatic rings. The first kappa shape index (κ1) is 25.6. The van der Waals surface area contributed by atoms with Gasteiger partial charge in [0.05, 0.1) is 5.41 Å². The van der Waals surface area contributed by atoms with Crippen molar-refractivity contribution in [1.82, 2.24) is 25.8 Å². The highest BCUT2D eigenvalue weighted by atomic mass is 16.2. The highest BCUT2D eigenvalue weighted by Gasteiger charge is 2.28. The van der Waals surface area contributed by atoms with Crippen molar-refractivity contribution in [3.63, 3.8) is 0 Å². The van der Waals surface area contributed by atoms with Crippen molar-refractivity contribution >= 4 is 17.8 Å². The lowest BCUT2D eigenvalue weighted by Gasteiger charge is -2.33. The van der Waals surface area contributed by atoms with Crippen LogP contribution >= 0.6 is 0 Å². The number of guanidine groups is 1. The number of likely N-dealkylation sites (N-methyl/N-ethyl adjacent to an activating group) is 1. The smallest absolute Gasteiger partial charge is 0.243 e. The van der Waals surface area contributed by atoms with Gasteiger partial charge in [0.15, 0.2) is 5.96 Å². The van der Waals surface area contributed by atoms with Crippen molar-refractivity contribution in [3.05, 3.63) is 35.9 Å². The molecule has 32 heavy (non-hydrogen) atoms. The highest BCUT2D eigenvalue weighted by Crippen LogP contribution is 2.15.